The van der Waals surface area contributed by atoms with E-state index in [-0.39, 0.29) is 6.09 Å². The van der Waals surface area contributed by atoms with Crippen molar-refractivity contribution in [2.45, 2.75) is 38.8 Å². The molecule has 23 heavy (non-hydrogen) atoms. The molecule has 2 aromatic rings. The number of carbonyl (C=O) groups is 1. The van der Waals surface area contributed by atoms with Crippen molar-refractivity contribution in [3.63, 3.8) is 0 Å². The summed E-state index contributed by atoms with van der Waals surface area (Å²) in [7, 11) is 0. The molecule has 122 valence electrons. The van der Waals surface area contributed by atoms with Gasteiger partial charge in [-0.05, 0) is 44.9 Å². The maximum Gasteiger partial charge on any atom is 0.410 e. The van der Waals surface area contributed by atoms with E-state index in [1.807, 2.05) is 25.7 Å². The van der Waals surface area contributed by atoms with Gasteiger partial charge in [0.05, 0.1) is 6.04 Å². The number of ether oxygens (including phenoxy) is 1. The summed E-state index contributed by atoms with van der Waals surface area (Å²) in [4.78, 5) is 20.0. The van der Waals surface area contributed by atoms with Crippen LogP contribution in [0.15, 0.2) is 24.4 Å². The number of aromatic nitrogens is 1. The lowest BCUT2D eigenvalue weighted by Gasteiger charge is -2.45. The largest absolute Gasteiger partial charge is 0.444 e. The average molecular weight is 313 g/mol. The van der Waals surface area contributed by atoms with Crippen molar-refractivity contribution >= 4 is 22.7 Å². The van der Waals surface area contributed by atoms with Crippen LogP contribution in [-0.2, 0) is 11.2 Å². The first-order chi connectivity index (χ1) is 10.9. The highest BCUT2D eigenvalue weighted by Gasteiger charge is 2.35. The van der Waals surface area contributed by atoms with E-state index in [4.69, 9.17) is 4.74 Å². The van der Waals surface area contributed by atoms with Crippen LogP contribution in [0.3, 0.4) is 0 Å². The summed E-state index contributed by atoms with van der Waals surface area (Å²) in [6, 6.07) is 6.74. The van der Waals surface area contributed by atoms with E-state index >= 15 is 0 Å². The second-order valence-electron chi connectivity index (χ2n) is 7.49. The molecule has 0 bridgehead atoms. The van der Waals surface area contributed by atoms with E-state index in [0.717, 1.165) is 19.5 Å². The lowest BCUT2D eigenvalue weighted by Crippen LogP contribution is -2.57. The molecule has 1 amide bonds. The molecule has 1 saturated heterocycles. The molecule has 0 radical (unpaired) electrons. The number of hydrogen-bond donors (Lipinski definition) is 1. The van der Waals surface area contributed by atoms with Crippen molar-refractivity contribution in [3.8, 4) is 0 Å². The van der Waals surface area contributed by atoms with Gasteiger partial charge in [0, 0.05) is 42.4 Å². The number of aromatic amines is 1. The zero-order valence-corrected chi connectivity index (χ0v) is 13.9. The molecule has 1 aromatic heterocycles. The van der Waals surface area contributed by atoms with E-state index < -0.39 is 5.60 Å². The molecular formula is C18H23N3O2. The molecule has 1 atom stereocenters. The van der Waals surface area contributed by atoms with Crippen LogP contribution in [0.25, 0.3) is 10.9 Å². The third kappa shape index (κ3) is 2.44. The molecule has 0 spiro atoms. The summed E-state index contributed by atoms with van der Waals surface area (Å²) in [5.74, 6) is 0. The summed E-state index contributed by atoms with van der Waals surface area (Å²) in [5.41, 5.74) is 3.40. The molecule has 1 aromatic carbocycles. The van der Waals surface area contributed by atoms with Gasteiger partial charge in [-0.3, -0.25) is 0 Å². The number of fused-ring (bicyclic) bond motifs is 2. The van der Waals surface area contributed by atoms with E-state index in [1.165, 1.54) is 22.2 Å². The van der Waals surface area contributed by atoms with Gasteiger partial charge in [-0.15, -0.1) is 0 Å². The van der Waals surface area contributed by atoms with Gasteiger partial charge < -0.3 is 19.5 Å². The Labute approximate surface area is 136 Å². The van der Waals surface area contributed by atoms with Crippen molar-refractivity contribution < 1.29 is 9.53 Å². The summed E-state index contributed by atoms with van der Waals surface area (Å²) in [6.45, 7) is 8.02. The molecule has 5 nitrogen and oxygen atoms in total. The number of hydrogen-bond acceptors (Lipinski definition) is 3. The standard InChI is InChI=1S/C18H23N3O2/c1-18(2,3)23-17(22)20-7-8-21-13(11-20)9-12-10-19-14-5-4-6-15(21)16(12)14/h4-6,10,13,19H,7-9,11H2,1-3H3/t13-/m1/s1. The fourth-order valence-corrected chi connectivity index (χ4v) is 3.73. The first kappa shape index (κ1) is 14.4. The third-order valence-electron chi connectivity index (χ3n) is 4.66. The predicted molar refractivity (Wildman–Crippen MR) is 90.9 cm³/mol. The van der Waals surface area contributed by atoms with Gasteiger partial charge in [0.25, 0.3) is 0 Å². The second kappa shape index (κ2) is 4.91. The Morgan fingerprint density at radius 2 is 2.13 bits per heavy atom. The maximum atomic E-state index is 12.4. The highest BCUT2D eigenvalue weighted by atomic mass is 16.6. The summed E-state index contributed by atoms with van der Waals surface area (Å²) >= 11 is 0. The molecule has 2 aliphatic rings. The fraction of sp³-hybridized carbons (Fsp3) is 0.500. The van der Waals surface area contributed by atoms with Crippen LogP contribution in [0.1, 0.15) is 26.3 Å². The first-order valence-corrected chi connectivity index (χ1v) is 8.26. The molecule has 0 saturated carbocycles. The summed E-state index contributed by atoms with van der Waals surface area (Å²) in [5, 5.41) is 1.34. The summed E-state index contributed by atoms with van der Waals surface area (Å²) in [6.07, 6.45) is 2.88. The minimum atomic E-state index is -0.444. The van der Waals surface area contributed by atoms with Crippen LogP contribution >= 0.6 is 0 Å². The van der Waals surface area contributed by atoms with Crippen LogP contribution < -0.4 is 4.90 Å². The number of anilines is 1. The topological polar surface area (TPSA) is 48.6 Å². The minimum Gasteiger partial charge on any atom is -0.444 e. The quantitative estimate of drug-likeness (QED) is 0.813. The molecular weight excluding hydrogens is 290 g/mol. The minimum absolute atomic E-state index is 0.199. The zero-order chi connectivity index (χ0) is 16.2. The highest BCUT2D eigenvalue weighted by Crippen LogP contribution is 2.37. The Balaban J connectivity index is 1.58. The number of amides is 1. The molecule has 0 unspecified atom stereocenters. The molecule has 3 heterocycles. The normalized spacial score (nSPS) is 20.6. The monoisotopic (exact) mass is 313 g/mol. The van der Waals surface area contributed by atoms with Crippen LogP contribution in [0.4, 0.5) is 10.5 Å². The molecule has 1 fully saturated rings. The average Bonchev–Trinajstić information content (AvgIpc) is 2.90. The van der Waals surface area contributed by atoms with Gasteiger partial charge in [0.15, 0.2) is 0 Å². The molecule has 0 aliphatic carbocycles. The van der Waals surface area contributed by atoms with Gasteiger partial charge >= 0.3 is 6.09 Å². The Morgan fingerprint density at radius 1 is 1.30 bits per heavy atom. The van der Waals surface area contributed by atoms with Crippen LogP contribution in [0.5, 0.6) is 0 Å². The smallest absolute Gasteiger partial charge is 0.410 e. The van der Waals surface area contributed by atoms with E-state index in [0.29, 0.717) is 12.6 Å². The number of carbonyl (C=O) groups excluding carboxylic acids is 1. The van der Waals surface area contributed by atoms with Crippen molar-refractivity contribution in [3.05, 3.63) is 30.0 Å². The van der Waals surface area contributed by atoms with Crippen LogP contribution in [-0.4, -0.2) is 47.3 Å². The Kier molecular flexibility index (Phi) is 3.08. The highest BCUT2D eigenvalue weighted by molar-refractivity contribution is 5.97. The van der Waals surface area contributed by atoms with E-state index in [9.17, 15) is 4.79 Å². The number of H-pyrrole nitrogens is 1. The first-order valence-electron chi connectivity index (χ1n) is 8.26. The molecule has 1 N–H and O–H groups in total. The second-order valence-corrected chi connectivity index (χ2v) is 7.49. The maximum absolute atomic E-state index is 12.4. The van der Waals surface area contributed by atoms with Crippen LogP contribution in [0.2, 0.25) is 0 Å². The third-order valence-corrected chi connectivity index (χ3v) is 4.66. The van der Waals surface area contributed by atoms with Crippen LogP contribution in [0, 0.1) is 0 Å². The predicted octanol–water partition coefficient (Wildman–Crippen LogP) is 3.15. The van der Waals surface area contributed by atoms with Gasteiger partial charge in [0.2, 0.25) is 0 Å². The number of benzene rings is 1. The molecule has 2 aliphatic heterocycles. The number of nitrogens with zero attached hydrogens (tertiary/aromatic N) is 2. The zero-order valence-electron chi connectivity index (χ0n) is 13.9. The van der Waals surface area contributed by atoms with E-state index in [1.54, 1.807) is 0 Å². The van der Waals surface area contributed by atoms with Crippen molar-refractivity contribution in [1.29, 1.82) is 0 Å². The van der Waals surface area contributed by atoms with Crippen molar-refractivity contribution in [2.75, 3.05) is 24.5 Å². The Hall–Kier alpha value is -2.17. The van der Waals surface area contributed by atoms with Gasteiger partial charge in [-0.25, -0.2) is 4.79 Å². The SMILES string of the molecule is CC(C)(C)OC(=O)N1CCN2c3cccc4[nH]cc(c34)C[C@@H]2C1. The van der Waals surface area contributed by atoms with Crippen molar-refractivity contribution in [2.24, 2.45) is 0 Å². The Bertz CT molecular complexity index is 759. The Morgan fingerprint density at radius 3 is 2.91 bits per heavy atom. The van der Waals surface area contributed by atoms with Gasteiger partial charge in [-0.1, -0.05) is 6.07 Å². The van der Waals surface area contributed by atoms with Gasteiger partial charge in [-0.2, -0.15) is 0 Å². The van der Waals surface area contributed by atoms with Crippen molar-refractivity contribution in [1.82, 2.24) is 9.88 Å². The lowest BCUT2D eigenvalue weighted by atomic mass is 9.94. The number of rotatable bonds is 0. The number of piperazine rings is 1. The van der Waals surface area contributed by atoms with E-state index in [2.05, 4.69) is 34.3 Å². The number of nitrogens with one attached hydrogen (secondary N) is 1. The molecule has 5 heteroatoms. The fourth-order valence-electron chi connectivity index (χ4n) is 3.73. The van der Waals surface area contributed by atoms with Gasteiger partial charge in [0.1, 0.15) is 5.60 Å². The summed E-state index contributed by atoms with van der Waals surface area (Å²) < 4.78 is 5.53. The molecule has 4 rings (SSSR count). The lowest BCUT2D eigenvalue weighted by molar-refractivity contribution is 0.0214.